The van der Waals surface area contributed by atoms with Crippen molar-refractivity contribution in [1.29, 1.82) is 0 Å². The van der Waals surface area contributed by atoms with E-state index in [1.807, 2.05) is 48.5 Å². The molecule has 3 atom stereocenters. The van der Waals surface area contributed by atoms with Gasteiger partial charge in [-0.3, -0.25) is 9.59 Å². The molecule has 2 N–H and O–H groups in total. The van der Waals surface area contributed by atoms with Crippen LogP contribution in [-0.2, 0) is 27.2 Å². The van der Waals surface area contributed by atoms with Gasteiger partial charge < -0.3 is 20.3 Å². The van der Waals surface area contributed by atoms with E-state index >= 15 is 0 Å². The van der Waals surface area contributed by atoms with Gasteiger partial charge in [-0.25, -0.2) is 0 Å². The molecule has 1 heterocycles. The smallest absolute Gasteiger partial charge is 0.243 e. The highest BCUT2D eigenvalue weighted by Gasteiger charge is 2.31. The maximum absolute atomic E-state index is 13.7. The number of rotatable bonds is 10. The average Bonchev–Trinajstić information content (AvgIpc) is 3.42. The summed E-state index contributed by atoms with van der Waals surface area (Å²) in [6.07, 6.45) is 3.01. The third kappa shape index (κ3) is 6.27. The first-order valence-corrected chi connectivity index (χ1v) is 12.4. The third-order valence-electron chi connectivity index (χ3n) is 6.87. The van der Waals surface area contributed by atoms with E-state index in [1.54, 1.807) is 19.0 Å². The third-order valence-corrected chi connectivity index (χ3v) is 6.87. The highest BCUT2D eigenvalue weighted by molar-refractivity contribution is 5.91. The number of ether oxygens (including phenoxy) is 1. The van der Waals surface area contributed by atoms with Gasteiger partial charge in [-0.05, 0) is 48.2 Å². The summed E-state index contributed by atoms with van der Waals surface area (Å²) in [6, 6.07) is 23.1. The molecule has 0 bridgehead atoms. The summed E-state index contributed by atoms with van der Waals surface area (Å²) in [7, 11) is 3.53. The second kappa shape index (κ2) is 12.0. The van der Waals surface area contributed by atoms with Crippen molar-refractivity contribution in [3.8, 4) is 0 Å². The van der Waals surface area contributed by atoms with Gasteiger partial charge in [-0.15, -0.1) is 0 Å². The number of hydrogen-bond acceptors (Lipinski definition) is 4. The van der Waals surface area contributed by atoms with Crippen molar-refractivity contribution in [3.05, 3.63) is 83.9 Å². The summed E-state index contributed by atoms with van der Waals surface area (Å²) in [6.45, 7) is 1.21. The molecule has 0 saturated carbocycles. The fourth-order valence-corrected chi connectivity index (χ4v) is 4.78. The molecule has 1 aliphatic heterocycles. The second-order valence-corrected chi connectivity index (χ2v) is 9.22. The maximum Gasteiger partial charge on any atom is 0.243 e. The molecule has 6 nitrogen and oxygen atoms in total. The number of nitrogens with zero attached hydrogens (tertiary/aromatic N) is 1. The Morgan fingerprint density at radius 3 is 2.49 bits per heavy atom. The minimum Gasteiger partial charge on any atom is -0.376 e. The van der Waals surface area contributed by atoms with Crippen LogP contribution in [0.1, 0.15) is 24.0 Å². The van der Waals surface area contributed by atoms with Gasteiger partial charge in [0.05, 0.1) is 12.1 Å². The Hall–Kier alpha value is -3.22. The van der Waals surface area contributed by atoms with Crippen molar-refractivity contribution in [2.75, 3.05) is 27.2 Å². The van der Waals surface area contributed by atoms with E-state index in [9.17, 15) is 9.59 Å². The number of carbonyl (C=O) groups is 2. The Kier molecular flexibility index (Phi) is 8.50. The van der Waals surface area contributed by atoms with Crippen LogP contribution < -0.4 is 10.6 Å². The predicted octanol–water partition coefficient (Wildman–Crippen LogP) is 3.34. The molecule has 1 unspecified atom stereocenters. The standard InChI is InChI=1S/C29H35N3O3/c1-30-26(19-23-14-8-13-22-12-6-7-16-25(22)23)29(34)32(2)27(18-21-10-4-3-5-11-21)28(33)31-20-24-15-9-17-35-24/h3-8,10-14,16,24,26-27,30H,9,15,17-20H2,1-2H3,(H,31,33)/t24-,26-,27?/m1/s1. The van der Waals surface area contributed by atoms with E-state index in [0.717, 1.165) is 41.3 Å². The Labute approximate surface area is 207 Å². The van der Waals surface area contributed by atoms with E-state index in [0.29, 0.717) is 19.4 Å². The van der Waals surface area contributed by atoms with E-state index in [1.165, 1.54) is 0 Å². The number of fused-ring (bicyclic) bond motifs is 1. The fourth-order valence-electron chi connectivity index (χ4n) is 4.78. The molecule has 2 amide bonds. The summed E-state index contributed by atoms with van der Waals surface area (Å²) in [5.74, 6) is -0.256. The minimum atomic E-state index is -0.616. The number of hydrogen-bond donors (Lipinski definition) is 2. The lowest BCUT2D eigenvalue weighted by Crippen LogP contribution is -2.55. The Morgan fingerprint density at radius 1 is 1.00 bits per heavy atom. The molecular formula is C29H35N3O3. The molecule has 1 aliphatic rings. The van der Waals surface area contributed by atoms with Crippen LogP contribution in [0.3, 0.4) is 0 Å². The first kappa shape index (κ1) is 24.9. The number of likely N-dealkylation sites (N-methyl/N-ethyl adjacent to an activating group) is 2. The lowest BCUT2D eigenvalue weighted by Gasteiger charge is -2.31. The number of benzene rings is 3. The quantitative estimate of drug-likeness (QED) is 0.474. The second-order valence-electron chi connectivity index (χ2n) is 9.22. The van der Waals surface area contributed by atoms with E-state index < -0.39 is 12.1 Å². The fraction of sp³-hybridized carbons (Fsp3) is 0.379. The van der Waals surface area contributed by atoms with Crippen LogP contribution in [0, 0.1) is 0 Å². The summed E-state index contributed by atoms with van der Waals surface area (Å²) in [5.41, 5.74) is 2.12. The zero-order chi connectivity index (χ0) is 24.6. The molecule has 1 saturated heterocycles. The van der Waals surface area contributed by atoms with Crippen LogP contribution in [0.2, 0.25) is 0 Å². The monoisotopic (exact) mass is 473 g/mol. The van der Waals surface area contributed by atoms with E-state index in [-0.39, 0.29) is 17.9 Å². The Balaban J connectivity index is 1.51. The summed E-state index contributed by atoms with van der Waals surface area (Å²) >= 11 is 0. The van der Waals surface area contributed by atoms with Crippen molar-refractivity contribution >= 4 is 22.6 Å². The molecule has 1 fully saturated rings. The highest BCUT2D eigenvalue weighted by Crippen LogP contribution is 2.21. The largest absolute Gasteiger partial charge is 0.376 e. The van der Waals surface area contributed by atoms with Crippen LogP contribution in [0.25, 0.3) is 10.8 Å². The molecule has 4 rings (SSSR count). The number of amides is 2. The number of nitrogens with one attached hydrogen (secondary N) is 2. The van der Waals surface area contributed by atoms with Gasteiger partial charge in [0.1, 0.15) is 6.04 Å². The molecule has 3 aromatic rings. The van der Waals surface area contributed by atoms with Gasteiger partial charge in [0.2, 0.25) is 11.8 Å². The molecule has 184 valence electrons. The predicted molar refractivity (Wildman–Crippen MR) is 139 cm³/mol. The zero-order valence-electron chi connectivity index (χ0n) is 20.6. The first-order chi connectivity index (χ1) is 17.1. The Morgan fingerprint density at radius 2 is 1.74 bits per heavy atom. The zero-order valence-corrected chi connectivity index (χ0v) is 20.6. The lowest BCUT2D eigenvalue weighted by molar-refractivity contribution is -0.140. The Bertz CT molecular complexity index is 1120. The minimum absolute atomic E-state index is 0.0498. The van der Waals surface area contributed by atoms with Crippen molar-refractivity contribution in [2.45, 2.75) is 43.9 Å². The highest BCUT2D eigenvalue weighted by atomic mass is 16.5. The van der Waals surface area contributed by atoms with Crippen LogP contribution in [0.15, 0.2) is 72.8 Å². The molecule has 6 heteroatoms. The van der Waals surface area contributed by atoms with Gasteiger partial charge in [0.15, 0.2) is 0 Å². The van der Waals surface area contributed by atoms with Crippen LogP contribution in [0.4, 0.5) is 0 Å². The summed E-state index contributed by atoms with van der Waals surface area (Å²) in [4.78, 5) is 28.6. The molecule has 3 aromatic carbocycles. The van der Waals surface area contributed by atoms with Gasteiger partial charge in [-0.1, -0.05) is 72.8 Å². The number of carbonyl (C=O) groups excluding carboxylic acids is 2. The SMILES string of the molecule is CN[C@H](Cc1cccc2ccccc12)C(=O)N(C)C(Cc1ccccc1)C(=O)NC[C@H]1CCCO1. The molecular weight excluding hydrogens is 438 g/mol. The van der Waals surface area contributed by atoms with Crippen LogP contribution in [-0.4, -0.2) is 62.1 Å². The van der Waals surface area contributed by atoms with Crippen LogP contribution in [0.5, 0.6) is 0 Å². The van der Waals surface area contributed by atoms with Crippen molar-refractivity contribution < 1.29 is 14.3 Å². The van der Waals surface area contributed by atoms with Gasteiger partial charge in [0.25, 0.3) is 0 Å². The lowest BCUT2D eigenvalue weighted by atomic mass is 9.97. The molecule has 0 radical (unpaired) electrons. The normalized spacial score (nSPS) is 17.1. The van der Waals surface area contributed by atoms with Crippen molar-refractivity contribution in [1.82, 2.24) is 15.5 Å². The maximum atomic E-state index is 13.7. The molecule has 0 aliphatic carbocycles. The topological polar surface area (TPSA) is 70.7 Å². The molecule has 35 heavy (non-hydrogen) atoms. The van der Waals surface area contributed by atoms with Crippen molar-refractivity contribution in [2.24, 2.45) is 0 Å². The molecule has 0 aromatic heterocycles. The van der Waals surface area contributed by atoms with E-state index in [4.69, 9.17) is 4.74 Å². The first-order valence-electron chi connectivity index (χ1n) is 12.4. The summed E-state index contributed by atoms with van der Waals surface area (Å²) < 4.78 is 5.66. The van der Waals surface area contributed by atoms with Gasteiger partial charge >= 0.3 is 0 Å². The van der Waals surface area contributed by atoms with Crippen LogP contribution >= 0.6 is 0 Å². The van der Waals surface area contributed by atoms with Gasteiger partial charge in [0, 0.05) is 26.6 Å². The van der Waals surface area contributed by atoms with E-state index in [2.05, 4.69) is 34.9 Å². The summed E-state index contributed by atoms with van der Waals surface area (Å²) in [5, 5.41) is 8.51. The van der Waals surface area contributed by atoms with Gasteiger partial charge in [-0.2, -0.15) is 0 Å². The van der Waals surface area contributed by atoms with Crippen molar-refractivity contribution in [3.63, 3.8) is 0 Å². The average molecular weight is 474 g/mol. The molecule has 0 spiro atoms.